The zero-order valence-electron chi connectivity index (χ0n) is 7.30. The van der Waals surface area contributed by atoms with Crippen LogP contribution in [0.3, 0.4) is 0 Å². The number of alkyl halides is 1. The molecule has 14 heavy (non-hydrogen) atoms. The van der Waals surface area contributed by atoms with Crippen molar-refractivity contribution >= 4 is 11.6 Å². The lowest BCUT2D eigenvalue weighted by atomic mass is 10.0. The predicted molar refractivity (Wildman–Crippen MR) is 49.9 cm³/mol. The molecule has 0 aliphatic rings. The molecule has 0 heterocycles. The molecule has 1 aromatic rings. The molecule has 0 saturated heterocycles. The van der Waals surface area contributed by atoms with Crippen molar-refractivity contribution in [3.8, 4) is 6.07 Å². The minimum atomic E-state index is -0.895. The molecule has 1 rings (SSSR count). The van der Waals surface area contributed by atoms with E-state index >= 15 is 0 Å². The summed E-state index contributed by atoms with van der Waals surface area (Å²) in [6.07, 6.45) is 0.344. The van der Waals surface area contributed by atoms with Gasteiger partial charge in [-0.25, -0.2) is 8.78 Å². The van der Waals surface area contributed by atoms with E-state index in [1.54, 1.807) is 0 Å². The fourth-order valence-electron chi connectivity index (χ4n) is 1.09. The van der Waals surface area contributed by atoms with E-state index in [1.807, 2.05) is 6.07 Å². The average molecular weight is 216 g/mol. The molecule has 0 aromatic heterocycles. The highest BCUT2D eigenvalue weighted by Crippen LogP contribution is 2.13. The molecule has 0 bridgehead atoms. The van der Waals surface area contributed by atoms with Crippen molar-refractivity contribution in [3.63, 3.8) is 0 Å². The highest BCUT2D eigenvalue weighted by Gasteiger charge is 2.09. The van der Waals surface area contributed by atoms with Crippen LogP contribution in [0, 0.1) is 28.9 Å². The van der Waals surface area contributed by atoms with Gasteiger partial charge >= 0.3 is 0 Å². The van der Waals surface area contributed by atoms with Gasteiger partial charge in [0.25, 0.3) is 0 Å². The van der Waals surface area contributed by atoms with Gasteiger partial charge in [-0.2, -0.15) is 5.26 Å². The van der Waals surface area contributed by atoms with E-state index in [2.05, 4.69) is 0 Å². The molecule has 0 fully saturated rings. The monoisotopic (exact) mass is 215 g/mol. The van der Waals surface area contributed by atoms with E-state index in [-0.39, 0.29) is 11.8 Å². The summed E-state index contributed by atoms with van der Waals surface area (Å²) in [5.41, 5.74) is 0.580. The fraction of sp³-hybridized carbons (Fsp3) is 0.300. The van der Waals surface area contributed by atoms with Crippen molar-refractivity contribution in [3.05, 3.63) is 35.4 Å². The summed E-state index contributed by atoms with van der Waals surface area (Å²) in [5, 5.41) is 8.61. The second kappa shape index (κ2) is 4.92. The lowest BCUT2D eigenvalue weighted by Crippen LogP contribution is -2.03. The maximum absolute atomic E-state index is 12.7. The van der Waals surface area contributed by atoms with Gasteiger partial charge in [-0.15, -0.1) is 11.6 Å². The van der Waals surface area contributed by atoms with Gasteiger partial charge in [-0.1, -0.05) is 6.07 Å². The van der Waals surface area contributed by atoms with Crippen LogP contribution in [-0.2, 0) is 6.42 Å². The highest BCUT2D eigenvalue weighted by molar-refractivity contribution is 6.18. The second-order valence-corrected chi connectivity index (χ2v) is 3.24. The summed E-state index contributed by atoms with van der Waals surface area (Å²) in [6.45, 7) is 0. The van der Waals surface area contributed by atoms with Crippen molar-refractivity contribution in [1.82, 2.24) is 0 Å². The molecular formula is C10H8ClF2N. The average Bonchev–Trinajstić information content (AvgIpc) is 2.19. The smallest absolute Gasteiger partial charge is 0.159 e. The van der Waals surface area contributed by atoms with E-state index in [0.29, 0.717) is 12.0 Å². The first-order valence-electron chi connectivity index (χ1n) is 4.07. The summed E-state index contributed by atoms with van der Waals surface area (Å²) >= 11 is 5.50. The van der Waals surface area contributed by atoms with Gasteiger partial charge in [-0.05, 0) is 24.1 Å². The zero-order chi connectivity index (χ0) is 10.6. The van der Waals surface area contributed by atoms with Gasteiger partial charge in [0.05, 0.1) is 12.0 Å². The zero-order valence-corrected chi connectivity index (χ0v) is 8.06. The molecule has 0 aliphatic heterocycles. The number of rotatable bonds is 3. The van der Waals surface area contributed by atoms with E-state index < -0.39 is 11.6 Å². The number of benzene rings is 1. The SMILES string of the molecule is N#CC(CCl)Cc1ccc(F)c(F)c1. The lowest BCUT2D eigenvalue weighted by molar-refractivity contribution is 0.506. The number of halogens is 3. The number of nitrogens with zero attached hydrogens (tertiary/aromatic N) is 1. The Balaban J connectivity index is 2.78. The predicted octanol–water partition coefficient (Wildman–Crippen LogP) is 2.89. The first kappa shape index (κ1) is 10.9. The molecule has 1 atom stereocenters. The lowest BCUT2D eigenvalue weighted by Gasteiger charge is -2.04. The van der Waals surface area contributed by atoms with Crippen LogP contribution in [0.15, 0.2) is 18.2 Å². The molecule has 1 unspecified atom stereocenters. The standard InChI is InChI=1S/C10H8ClF2N/c11-5-8(6-14)3-7-1-2-9(12)10(13)4-7/h1-2,4,8H,3,5H2. The van der Waals surface area contributed by atoms with Crippen molar-refractivity contribution in [2.75, 3.05) is 5.88 Å². The molecule has 0 saturated carbocycles. The minimum Gasteiger partial charge on any atom is -0.204 e. The molecule has 1 aromatic carbocycles. The molecule has 0 N–H and O–H groups in total. The summed E-state index contributed by atoms with van der Waals surface area (Å²) < 4.78 is 25.3. The molecule has 74 valence electrons. The first-order valence-corrected chi connectivity index (χ1v) is 4.60. The Bertz CT molecular complexity index is 360. The van der Waals surface area contributed by atoms with Crippen LogP contribution in [0.4, 0.5) is 8.78 Å². The van der Waals surface area contributed by atoms with Gasteiger partial charge in [0.2, 0.25) is 0 Å². The number of hydrogen-bond donors (Lipinski definition) is 0. The van der Waals surface area contributed by atoms with Crippen molar-refractivity contribution in [2.24, 2.45) is 5.92 Å². The van der Waals surface area contributed by atoms with Gasteiger partial charge in [0.15, 0.2) is 11.6 Å². The van der Waals surface area contributed by atoms with Crippen LogP contribution in [0.2, 0.25) is 0 Å². The maximum atomic E-state index is 12.7. The van der Waals surface area contributed by atoms with E-state index in [4.69, 9.17) is 16.9 Å². The van der Waals surface area contributed by atoms with Crippen LogP contribution in [0.25, 0.3) is 0 Å². The maximum Gasteiger partial charge on any atom is 0.159 e. The van der Waals surface area contributed by atoms with E-state index in [9.17, 15) is 8.78 Å². The highest BCUT2D eigenvalue weighted by atomic mass is 35.5. The Hall–Kier alpha value is -1.14. The van der Waals surface area contributed by atoms with Gasteiger partial charge in [-0.3, -0.25) is 0 Å². The van der Waals surface area contributed by atoms with Crippen molar-refractivity contribution in [2.45, 2.75) is 6.42 Å². The Morgan fingerprint density at radius 2 is 2.07 bits per heavy atom. The molecule has 4 heteroatoms. The Labute approximate surface area is 85.9 Å². The largest absolute Gasteiger partial charge is 0.204 e. The molecule has 0 spiro atoms. The summed E-state index contributed by atoms with van der Waals surface area (Å²) in [7, 11) is 0. The van der Waals surface area contributed by atoms with Gasteiger partial charge < -0.3 is 0 Å². The Kier molecular flexibility index (Phi) is 3.84. The van der Waals surface area contributed by atoms with Crippen molar-refractivity contribution in [1.29, 1.82) is 5.26 Å². The molecule has 0 radical (unpaired) electrons. The first-order chi connectivity index (χ1) is 6.67. The van der Waals surface area contributed by atoms with Crippen molar-refractivity contribution < 1.29 is 8.78 Å². The van der Waals surface area contributed by atoms with Gasteiger partial charge in [0.1, 0.15) is 0 Å². The Morgan fingerprint density at radius 3 is 2.57 bits per heavy atom. The number of nitriles is 1. The molecule has 1 nitrogen and oxygen atoms in total. The molecule has 0 amide bonds. The summed E-state index contributed by atoms with van der Waals surface area (Å²) in [5.74, 6) is -1.95. The summed E-state index contributed by atoms with van der Waals surface area (Å²) in [6, 6.07) is 5.58. The van der Waals surface area contributed by atoms with E-state index in [1.165, 1.54) is 6.07 Å². The third-order valence-corrected chi connectivity index (χ3v) is 2.21. The second-order valence-electron chi connectivity index (χ2n) is 2.93. The van der Waals surface area contributed by atoms with Crippen LogP contribution in [0.5, 0.6) is 0 Å². The van der Waals surface area contributed by atoms with Crippen LogP contribution in [0.1, 0.15) is 5.56 Å². The topological polar surface area (TPSA) is 23.8 Å². The fourth-order valence-corrected chi connectivity index (χ4v) is 1.26. The third-order valence-electron chi connectivity index (χ3n) is 1.83. The quantitative estimate of drug-likeness (QED) is 0.712. The van der Waals surface area contributed by atoms with Gasteiger partial charge in [0, 0.05) is 5.88 Å². The summed E-state index contributed by atoms with van der Waals surface area (Å²) in [4.78, 5) is 0. The minimum absolute atomic E-state index is 0.190. The Morgan fingerprint density at radius 1 is 1.36 bits per heavy atom. The van der Waals surface area contributed by atoms with E-state index in [0.717, 1.165) is 12.1 Å². The normalized spacial score (nSPS) is 12.1. The van der Waals surface area contributed by atoms with Crippen LogP contribution in [-0.4, -0.2) is 5.88 Å². The molecular weight excluding hydrogens is 208 g/mol. The third kappa shape index (κ3) is 2.68. The molecule has 0 aliphatic carbocycles. The van der Waals surface area contributed by atoms with Crippen LogP contribution >= 0.6 is 11.6 Å². The number of hydrogen-bond acceptors (Lipinski definition) is 1. The van der Waals surface area contributed by atoms with Crippen LogP contribution < -0.4 is 0 Å².